The first-order valence-electron chi connectivity index (χ1n) is 13.1. The third-order valence-corrected chi connectivity index (χ3v) is 9.61. The maximum atomic E-state index is 13.9. The summed E-state index contributed by atoms with van der Waals surface area (Å²) in [6, 6.07) is 6.21. The van der Waals surface area contributed by atoms with E-state index in [2.05, 4.69) is 10.6 Å². The van der Waals surface area contributed by atoms with Gasteiger partial charge in [0, 0.05) is 41.6 Å². The van der Waals surface area contributed by atoms with Crippen LogP contribution in [0, 0.1) is 5.92 Å². The largest absolute Gasteiger partial charge is 0.402 e. The summed E-state index contributed by atoms with van der Waals surface area (Å²) in [6.45, 7) is 2.01. The number of dihydropyridines is 1. The van der Waals surface area contributed by atoms with Gasteiger partial charge in [0.1, 0.15) is 5.92 Å². The first-order valence-corrected chi connectivity index (χ1v) is 14.7. The summed E-state index contributed by atoms with van der Waals surface area (Å²) < 4.78 is 66.4. The minimum Gasteiger partial charge on any atom is -0.386 e. The lowest BCUT2D eigenvalue weighted by atomic mass is 9.79. The molecule has 41 heavy (non-hydrogen) atoms. The highest BCUT2D eigenvalue weighted by molar-refractivity contribution is 7.92. The molecular formula is C28H28F3N3O6S. The zero-order valence-electron chi connectivity index (χ0n) is 22.1. The Bertz CT molecular complexity index is 1510. The maximum Gasteiger partial charge on any atom is 0.402 e. The molecule has 2 aliphatic carbocycles. The number of allylic oxidation sites excluding steroid dienone is 4. The molecule has 2 heterocycles. The lowest BCUT2D eigenvalue weighted by Crippen LogP contribution is -2.38. The van der Waals surface area contributed by atoms with Crippen LogP contribution in [0.4, 0.5) is 13.2 Å². The zero-order valence-corrected chi connectivity index (χ0v) is 22.9. The highest BCUT2D eigenvalue weighted by Gasteiger charge is 2.48. The minimum absolute atomic E-state index is 0.0496. The summed E-state index contributed by atoms with van der Waals surface area (Å²) in [7, 11) is -3.33. The topological polar surface area (TPSA) is 122 Å². The summed E-state index contributed by atoms with van der Waals surface area (Å²) in [5.41, 5.74) is 0.345. The van der Waals surface area contributed by atoms with Gasteiger partial charge < -0.3 is 10.6 Å². The van der Waals surface area contributed by atoms with Crippen LogP contribution in [0.3, 0.4) is 0 Å². The first kappa shape index (κ1) is 28.8. The van der Waals surface area contributed by atoms with Gasteiger partial charge in [-0.2, -0.15) is 13.2 Å². The van der Waals surface area contributed by atoms with Crippen molar-refractivity contribution in [1.29, 1.82) is 0 Å². The molecule has 2 N–H and O–H groups in total. The van der Waals surface area contributed by atoms with Crippen LogP contribution in [0.2, 0.25) is 0 Å². The van der Waals surface area contributed by atoms with Crippen molar-refractivity contribution in [2.75, 3.05) is 19.7 Å². The minimum atomic E-state index is -4.93. The number of ketones is 1. The van der Waals surface area contributed by atoms with Crippen molar-refractivity contribution in [2.45, 2.75) is 49.1 Å². The Morgan fingerprint density at radius 3 is 2.49 bits per heavy atom. The molecule has 0 spiro atoms. The van der Waals surface area contributed by atoms with E-state index in [0.29, 0.717) is 30.9 Å². The van der Waals surface area contributed by atoms with Crippen LogP contribution >= 0.6 is 0 Å². The van der Waals surface area contributed by atoms with E-state index in [0.717, 1.165) is 5.06 Å². The molecule has 1 saturated carbocycles. The van der Waals surface area contributed by atoms with Gasteiger partial charge in [0.2, 0.25) is 5.91 Å². The van der Waals surface area contributed by atoms with Crippen LogP contribution in [-0.2, 0) is 35.6 Å². The number of hydrogen-bond acceptors (Lipinski definition) is 7. The van der Waals surface area contributed by atoms with Crippen LogP contribution < -0.4 is 10.6 Å². The van der Waals surface area contributed by atoms with Gasteiger partial charge in [-0.3, -0.25) is 19.2 Å². The van der Waals surface area contributed by atoms with Gasteiger partial charge >= 0.3 is 6.18 Å². The second kappa shape index (κ2) is 10.9. The molecule has 218 valence electrons. The number of rotatable bonds is 7. The molecule has 1 aromatic rings. The van der Waals surface area contributed by atoms with Crippen molar-refractivity contribution in [3.8, 4) is 0 Å². The zero-order chi connectivity index (χ0) is 29.5. The fourth-order valence-electron chi connectivity index (χ4n) is 4.92. The van der Waals surface area contributed by atoms with E-state index in [-0.39, 0.29) is 64.3 Å². The van der Waals surface area contributed by atoms with Crippen molar-refractivity contribution in [2.24, 2.45) is 5.92 Å². The number of benzene rings is 1. The van der Waals surface area contributed by atoms with Crippen LogP contribution in [0.1, 0.15) is 31.7 Å². The second-order valence-electron chi connectivity index (χ2n) is 10.3. The summed E-state index contributed by atoms with van der Waals surface area (Å²) in [6.07, 6.45) is 0.233. The smallest absolute Gasteiger partial charge is 0.386 e. The average molecular weight is 592 g/mol. The normalized spacial score (nSPS) is 21.7. The highest BCUT2D eigenvalue weighted by atomic mass is 32.2. The number of hydrogen-bond donors (Lipinski definition) is 2. The number of hydroxylamine groups is 2. The summed E-state index contributed by atoms with van der Waals surface area (Å²) in [4.78, 5) is 44.5. The fourth-order valence-corrected chi connectivity index (χ4v) is 6.58. The van der Waals surface area contributed by atoms with E-state index in [1.807, 2.05) is 0 Å². The molecule has 1 aromatic carbocycles. The predicted octanol–water partition coefficient (Wildman–Crippen LogP) is 2.82. The number of sulfone groups is 1. The summed E-state index contributed by atoms with van der Waals surface area (Å²) in [5.74, 6) is -5.03. The van der Waals surface area contributed by atoms with Gasteiger partial charge in [0.05, 0.1) is 23.3 Å². The molecule has 1 saturated heterocycles. The van der Waals surface area contributed by atoms with Crippen molar-refractivity contribution in [3.05, 3.63) is 76.0 Å². The second-order valence-corrected chi connectivity index (χ2v) is 12.5. The van der Waals surface area contributed by atoms with E-state index in [9.17, 15) is 36.0 Å². The third-order valence-electron chi connectivity index (χ3n) is 7.33. The van der Waals surface area contributed by atoms with Crippen molar-refractivity contribution in [3.63, 3.8) is 0 Å². The molecule has 2 amide bonds. The number of carbonyl (C=O) groups excluding carboxylic acids is 3. The Balaban J connectivity index is 1.35. The predicted molar refractivity (Wildman–Crippen MR) is 140 cm³/mol. The van der Waals surface area contributed by atoms with E-state index in [1.54, 1.807) is 12.1 Å². The highest BCUT2D eigenvalue weighted by Crippen LogP contribution is 2.40. The number of nitrogens with one attached hydrogen (secondary N) is 2. The van der Waals surface area contributed by atoms with Crippen LogP contribution in [-0.4, -0.2) is 62.2 Å². The number of amides is 2. The molecule has 2 fully saturated rings. The molecule has 0 bridgehead atoms. The van der Waals surface area contributed by atoms with Gasteiger partial charge in [-0.1, -0.05) is 18.2 Å². The third kappa shape index (κ3) is 5.87. The number of halogens is 3. The number of carbonyl (C=O) groups is 3. The van der Waals surface area contributed by atoms with Gasteiger partial charge in [0.15, 0.2) is 15.6 Å². The van der Waals surface area contributed by atoms with Crippen molar-refractivity contribution >= 4 is 27.4 Å². The Labute approximate surface area is 234 Å². The van der Waals surface area contributed by atoms with Crippen LogP contribution in [0.25, 0.3) is 0 Å². The Morgan fingerprint density at radius 2 is 1.88 bits per heavy atom. The average Bonchev–Trinajstić information content (AvgIpc) is 3.66. The lowest BCUT2D eigenvalue weighted by molar-refractivity contribution is -0.170. The number of Topliss-reactive ketones (excluding diaryl/α,β-unsaturated/α-hetero) is 1. The quantitative estimate of drug-likeness (QED) is 0.500. The maximum absolute atomic E-state index is 13.9. The molecule has 5 rings (SSSR count). The van der Waals surface area contributed by atoms with Crippen LogP contribution in [0.15, 0.2) is 75.4 Å². The fraction of sp³-hybridized carbons (Fsp3) is 0.393. The van der Waals surface area contributed by atoms with E-state index in [1.165, 1.54) is 31.3 Å². The molecule has 2 aliphatic heterocycles. The van der Waals surface area contributed by atoms with E-state index < -0.39 is 39.5 Å². The molecule has 0 aromatic heterocycles. The van der Waals surface area contributed by atoms with Crippen molar-refractivity contribution in [1.82, 2.24) is 15.7 Å². The SMILES string of the molecule is CC1=C(C2=CNCC(C(=O)NCc3ccc(S(=O)(=O)C4CC4)cc3)=C2)C(=O)C(C(F)(F)F)C=C1C(=O)N1CCCO1. The number of alkyl halides is 3. The van der Waals surface area contributed by atoms with Gasteiger partial charge in [-0.05, 0) is 55.5 Å². The lowest BCUT2D eigenvalue weighted by Gasteiger charge is -2.28. The van der Waals surface area contributed by atoms with Crippen LogP contribution in [0.5, 0.6) is 0 Å². The van der Waals surface area contributed by atoms with E-state index >= 15 is 0 Å². The summed E-state index contributed by atoms with van der Waals surface area (Å²) >= 11 is 0. The molecule has 13 heteroatoms. The molecule has 9 nitrogen and oxygen atoms in total. The standard InChI is InChI=1S/C28H28F3N3O6S/c1-16-22(27(37)34-9-2-10-40-34)12-23(28(29,30)31)25(35)24(16)18-11-19(15-32-14-18)26(36)33-13-17-3-5-20(6-4-17)41(38,39)21-7-8-21/h3-6,11-12,14,21,23,32H,2,7-10,13,15H2,1H3,(H,33,36). The Kier molecular flexibility index (Phi) is 7.68. The molecular weight excluding hydrogens is 563 g/mol. The molecule has 4 aliphatic rings. The van der Waals surface area contributed by atoms with E-state index in [4.69, 9.17) is 4.84 Å². The van der Waals surface area contributed by atoms with Gasteiger partial charge in [-0.25, -0.2) is 13.5 Å². The monoisotopic (exact) mass is 591 g/mol. The van der Waals surface area contributed by atoms with Crippen molar-refractivity contribution < 1.29 is 40.8 Å². The van der Waals surface area contributed by atoms with Gasteiger partial charge in [0.25, 0.3) is 5.91 Å². The molecule has 0 radical (unpaired) electrons. The molecule has 1 unspecified atom stereocenters. The summed E-state index contributed by atoms with van der Waals surface area (Å²) in [5, 5.41) is 6.20. The molecule has 1 atom stereocenters. The number of nitrogens with zero attached hydrogens (tertiary/aromatic N) is 1. The Morgan fingerprint density at radius 1 is 1.17 bits per heavy atom. The first-order chi connectivity index (χ1) is 19.4. The van der Waals surface area contributed by atoms with Gasteiger partial charge in [-0.15, -0.1) is 0 Å². The Hall–Kier alpha value is -3.71.